The summed E-state index contributed by atoms with van der Waals surface area (Å²) in [4.78, 5) is 0. The molecule has 24 heavy (non-hydrogen) atoms. The number of aromatic nitrogens is 1. The van der Waals surface area contributed by atoms with Gasteiger partial charge >= 0.3 is 0 Å². The van der Waals surface area contributed by atoms with Gasteiger partial charge < -0.3 is 0 Å². The summed E-state index contributed by atoms with van der Waals surface area (Å²) in [6, 6.07) is 13.8. The Morgan fingerprint density at radius 1 is 0.875 bits per heavy atom. The molecule has 2 aromatic carbocycles. The Hall–Kier alpha value is -2.15. The predicted molar refractivity (Wildman–Crippen MR) is 104 cm³/mol. The van der Waals surface area contributed by atoms with Crippen molar-refractivity contribution in [1.29, 1.82) is 0 Å². The largest absolute Gasteiger partial charge is 0.220 e. The van der Waals surface area contributed by atoms with Gasteiger partial charge in [-0.1, -0.05) is 37.6 Å². The minimum atomic E-state index is 0.534. The zero-order chi connectivity index (χ0) is 17.6. The van der Waals surface area contributed by atoms with E-state index in [1.54, 1.807) is 0 Å². The number of aryl methyl sites for hydroxylation is 3. The van der Waals surface area contributed by atoms with Crippen LogP contribution in [0.25, 0.3) is 22.0 Å². The van der Waals surface area contributed by atoms with Gasteiger partial charge in [-0.2, -0.15) is 4.57 Å². The van der Waals surface area contributed by atoms with Crippen LogP contribution in [0.1, 0.15) is 47.7 Å². The summed E-state index contributed by atoms with van der Waals surface area (Å²) >= 11 is 0. The highest BCUT2D eigenvalue weighted by atomic mass is 14.9. The normalized spacial score (nSPS) is 11.5. The molecule has 0 amide bonds. The average Bonchev–Trinajstić information content (AvgIpc) is 2.51. The highest BCUT2D eigenvalue weighted by molar-refractivity contribution is 5.94. The summed E-state index contributed by atoms with van der Waals surface area (Å²) in [7, 11) is 2.18. The van der Waals surface area contributed by atoms with Crippen molar-refractivity contribution >= 4 is 10.8 Å². The van der Waals surface area contributed by atoms with Crippen LogP contribution in [-0.2, 0) is 7.05 Å². The fourth-order valence-corrected chi connectivity index (χ4v) is 3.49. The number of hydrogen-bond donors (Lipinski definition) is 0. The number of nitrogens with zero attached hydrogens (tertiary/aromatic N) is 1. The zero-order valence-corrected chi connectivity index (χ0v) is 16.0. The number of hydrogen-bond acceptors (Lipinski definition) is 0. The fraction of sp³-hybridized carbons (Fsp3) is 0.348. The zero-order valence-electron chi connectivity index (χ0n) is 16.0. The third-order valence-electron chi connectivity index (χ3n) is 5.30. The molecular weight excluding hydrogens is 290 g/mol. The summed E-state index contributed by atoms with van der Waals surface area (Å²) in [6.45, 7) is 13.4. The monoisotopic (exact) mass is 318 g/mol. The van der Waals surface area contributed by atoms with Crippen molar-refractivity contribution in [3.8, 4) is 11.3 Å². The van der Waals surface area contributed by atoms with Gasteiger partial charge in [-0.3, -0.25) is 0 Å². The molecule has 0 fully saturated rings. The number of benzene rings is 2. The highest BCUT2D eigenvalue weighted by Crippen LogP contribution is 2.33. The molecule has 0 aliphatic carbocycles. The molecule has 1 heteroatoms. The minimum absolute atomic E-state index is 0.534. The van der Waals surface area contributed by atoms with E-state index in [0.717, 1.165) is 0 Å². The Morgan fingerprint density at radius 3 is 2.25 bits per heavy atom. The van der Waals surface area contributed by atoms with Gasteiger partial charge in [0, 0.05) is 13.0 Å². The third kappa shape index (κ3) is 2.73. The maximum atomic E-state index is 2.39. The van der Waals surface area contributed by atoms with Crippen LogP contribution in [0, 0.1) is 27.7 Å². The van der Waals surface area contributed by atoms with E-state index in [-0.39, 0.29) is 0 Å². The Morgan fingerprint density at radius 2 is 1.58 bits per heavy atom. The van der Waals surface area contributed by atoms with Crippen molar-refractivity contribution < 1.29 is 4.57 Å². The van der Waals surface area contributed by atoms with Gasteiger partial charge in [-0.05, 0) is 60.9 Å². The second kappa shape index (κ2) is 6.05. The molecule has 0 N–H and O–H groups in total. The first-order valence-electron chi connectivity index (χ1n) is 8.81. The van der Waals surface area contributed by atoms with E-state index in [1.807, 2.05) is 0 Å². The molecule has 0 saturated heterocycles. The maximum Gasteiger partial charge on any atom is 0.220 e. The van der Waals surface area contributed by atoms with Crippen LogP contribution in [-0.4, -0.2) is 0 Å². The average molecular weight is 318 g/mol. The number of pyridine rings is 1. The quantitative estimate of drug-likeness (QED) is 0.535. The van der Waals surface area contributed by atoms with Crippen molar-refractivity contribution in [2.45, 2.75) is 47.5 Å². The van der Waals surface area contributed by atoms with Crippen molar-refractivity contribution in [1.82, 2.24) is 0 Å². The van der Waals surface area contributed by atoms with Gasteiger partial charge in [-0.15, -0.1) is 0 Å². The van der Waals surface area contributed by atoms with E-state index in [1.165, 1.54) is 50.0 Å². The lowest BCUT2D eigenvalue weighted by Crippen LogP contribution is -2.35. The first-order chi connectivity index (χ1) is 11.3. The Balaban J connectivity index is 2.44. The standard InChI is InChI=1S/C23H28N/c1-14(2)19-11-16(4)18(6)22(13-19)23-21-9-8-15(3)10-20(21)12-17(5)24(23)7/h8-14H,1-7H3/q+1. The molecule has 0 saturated carbocycles. The molecule has 0 aliphatic heterocycles. The van der Waals surface area contributed by atoms with Crippen LogP contribution >= 0.6 is 0 Å². The molecule has 1 nitrogen and oxygen atoms in total. The van der Waals surface area contributed by atoms with E-state index in [0.29, 0.717) is 5.92 Å². The fourth-order valence-electron chi connectivity index (χ4n) is 3.49. The summed E-state index contributed by atoms with van der Waals surface area (Å²) in [6.07, 6.45) is 0. The van der Waals surface area contributed by atoms with E-state index in [2.05, 4.69) is 89.6 Å². The lowest BCUT2D eigenvalue weighted by Gasteiger charge is -2.15. The lowest BCUT2D eigenvalue weighted by atomic mass is 9.90. The summed E-state index contributed by atoms with van der Waals surface area (Å²) in [5.41, 5.74) is 9.45. The molecule has 0 atom stereocenters. The molecule has 3 rings (SSSR count). The Bertz CT molecular complexity index is 933. The molecular formula is C23H28N+. The summed E-state index contributed by atoms with van der Waals surface area (Å²) in [5, 5.41) is 2.66. The maximum absolute atomic E-state index is 2.39. The van der Waals surface area contributed by atoms with Gasteiger partial charge in [0.15, 0.2) is 5.69 Å². The van der Waals surface area contributed by atoms with E-state index < -0.39 is 0 Å². The second-order valence-electron chi connectivity index (χ2n) is 7.45. The number of rotatable bonds is 2. The summed E-state index contributed by atoms with van der Waals surface area (Å²) in [5.74, 6) is 0.534. The van der Waals surface area contributed by atoms with Crippen LogP contribution in [0.2, 0.25) is 0 Å². The van der Waals surface area contributed by atoms with Gasteiger partial charge in [-0.25, -0.2) is 0 Å². The lowest BCUT2D eigenvalue weighted by molar-refractivity contribution is -0.665. The predicted octanol–water partition coefficient (Wildman–Crippen LogP) is 5.69. The van der Waals surface area contributed by atoms with Crippen molar-refractivity contribution in [2.24, 2.45) is 7.05 Å². The van der Waals surface area contributed by atoms with Gasteiger partial charge in [0.25, 0.3) is 0 Å². The number of fused-ring (bicyclic) bond motifs is 1. The minimum Gasteiger partial charge on any atom is -0.198 e. The van der Waals surface area contributed by atoms with Gasteiger partial charge in [0.05, 0.1) is 10.9 Å². The van der Waals surface area contributed by atoms with Crippen molar-refractivity contribution in [3.63, 3.8) is 0 Å². The molecule has 0 radical (unpaired) electrons. The highest BCUT2D eigenvalue weighted by Gasteiger charge is 2.21. The smallest absolute Gasteiger partial charge is 0.198 e. The molecule has 0 unspecified atom stereocenters. The molecule has 0 bridgehead atoms. The van der Waals surface area contributed by atoms with Gasteiger partial charge in [0.2, 0.25) is 5.69 Å². The first kappa shape index (κ1) is 16.7. The SMILES string of the molecule is Cc1ccc2c(-c3cc(C(C)C)cc(C)c3C)[n+](C)c(C)cc2c1. The van der Waals surface area contributed by atoms with E-state index in [9.17, 15) is 0 Å². The van der Waals surface area contributed by atoms with Crippen LogP contribution in [0.5, 0.6) is 0 Å². The van der Waals surface area contributed by atoms with Gasteiger partial charge in [0.1, 0.15) is 7.05 Å². The second-order valence-corrected chi connectivity index (χ2v) is 7.45. The third-order valence-corrected chi connectivity index (χ3v) is 5.30. The van der Waals surface area contributed by atoms with Crippen LogP contribution in [0.3, 0.4) is 0 Å². The molecule has 3 aromatic rings. The van der Waals surface area contributed by atoms with Crippen molar-refractivity contribution in [2.75, 3.05) is 0 Å². The molecule has 1 aromatic heterocycles. The Kier molecular flexibility index (Phi) is 4.21. The van der Waals surface area contributed by atoms with E-state index >= 15 is 0 Å². The molecule has 0 aliphatic rings. The van der Waals surface area contributed by atoms with E-state index in [4.69, 9.17) is 0 Å². The van der Waals surface area contributed by atoms with Crippen LogP contribution in [0.4, 0.5) is 0 Å². The van der Waals surface area contributed by atoms with Crippen molar-refractivity contribution in [3.05, 3.63) is 64.3 Å². The molecule has 124 valence electrons. The molecule has 0 spiro atoms. The van der Waals surface area contributed by atoms with Crippen LogP contribution < -0.4 is 4.57 Å². The molecule has 1 heterocycles. The Labute approximate surface area is 146 Å². The summed E-state index contributed by atoms with van der Waals surface area (Å²) < 4.78 is 2.34. The topological polar surface area (TPSA) is 3.88 Å². The van der Waals surface area contributed by atoms with Crippen LogP contribution in [0.15, 0.2) is 36.4 Å². The first-order valence-corrected chi connectivity index (χ1v) is 8.81.